The second-order valence-electron chi connectivity index (χ2n) is 3.27. The van der Waals surface area contributed by atoms with Crippen LogP contribution in [0, 0.1) is 0 Å². The Balaban J connectivity index is 2.52. The summed E-state index contributed by atoms with van der Waals surface area (Å²) < 4.78 is 12.8. The van der Waals surface area contributed by atoms with E-state index >= 15 is 0 Å². The number of hydrogen-bond donors (Lipinski definition) is 0. The number of fused-ring (bicyclic) bond motifs is 1. The van der Waals surface area contributed by atoms with Crippen LogP contribution < -0.4 is 0 Å². The lowest BCUT2D eigenvalue weighted by Crippen LogP contribution is -2.06. The van der Waals surface area contributed by atoms with E-state index in [0.717, 1.165) is 11.0 Å². The van der Waals surface area contributed by atoms with Crippen LogP contribution in [0.5, 0.6) is 0 Å². The Hall–Kier alpha value is -0.810. The fraction of sp³-hybridized carbons (Fsp3) is 0.400. The zero-order valence-electron chi connectivity index (χ0n) is 9.74. The van der Waals surface area contributed by atoms with Gasteiger partial charge in [-0.2, -0.15) is 4.45 Å². The van der Waals surface area contributed by atoms with E-state index in [1.54, 1.807) is 4.45 Å². The van der Waals surface area contributed by atoms with Crippen LogP contribution in [-0.4, -0.2) is 28.0 Å². The summed E-state index contributed by atoms with van der Waals surface area (Å²) in [4.78, 5) is 0. The molecule has 0 unspecified atom stereocenters. The van der Waals surface area contributed by atoms with Gasteiger partial charge in [-0.3, -0.25) is 0 Å². The Morgan fingerprint density at radius 1 is 1.24 bits per heavy atom. The third-order valence-corrected chi connectivity index (χ3v) is 5.18. The highest BCUT2D eigenvalue weighted by molar-refractivity contribution is 8.09. The maximum absolute atomic E-state index is 5.59. The average molecular weight is 271 g/mol. The molecule has 1 heterocycles. The van der Waals surface area contributed by atoms with Crippen molar-refractivity contribution < 1.29 is 9.05 Å². The molecular weight excluding hydrogens is 257 g/mol. The van der Waals surface area contributed by atoms with E-state index in [-0.39, 0.29) is 0 Å². The molecule has 17 heavy (non-hydrogen) atoms. The largest absolute Gasteiger partial charge is 0.313 e. The average Bonchev–Trinajstić information content (AvgIpc) is 2.74. The zero-order valence-corrected chi connectivity index (χ0v) is 11.4. The summed E-state index contributed by atoms with van der Waals surface area (Å²) in [7, 11) is 0. The van der Waals surface area contributed by atoms with E-state index in [2.05, 4.69) is 10.3 Å². The van der Waals surface area contributed by atoms with Crippen molar-refractivity contribution in [2.45, 2.75) is 13.8 Å². The third-order valence-electron chi connectivity index (χ3n) is 2.15. The summed E-state index contributed by atoms with van der Waals surface area (Å²) in [5.41, 5.74) is 1.64. The first-order valence-electron chi connectivity index (χ1n) is 5.41. The van der Waals surface area contributed by atoms with E-state index in [4.69, 9.17) is 20.9 Å². The number of benzene rings is 1. The molecule has 2 aromatic rings. The van der Waals surface area contributed by atoms with Crippen molar-refractivity contribution in [3.8, 4) is 0 Å². The van der Waals surface area contributed by atoms with Crippen LogP contribution in [0.3, 0.4) is 0 Å². The lowest BCUT2D eigenvalue weighted by atomic mass is 10.3. The molecule has 0 saturated heterocycles. The molecule has 0 saturated carbocycles. The number of rotatable bonds is 5. The maximum Gasteiger partial charge on any atom is 0.312 e. The summed E-state index contributed by atoms with van der Waals surface area (Å²) in [6.07, 6.45) is 0. The van der Waals surface area contributed by atoms with E-state index in [9.17, 15) is 0 Å². The molecule has 0 fully saturated rings. The Morgan fingerprint density at radius 3 is 2.53 bits per heavy atom. The zero-order chi connectivity index (χ0) is 12.3. The smallest absolute Gasteiger partial charge is 0.312 e. The lowest BCUT2D eigenvalue weighted by Gasteiger charge is -2.20. The maximum atomic E-state index is 5.59. The normalized spacial score (nSPS) is 12.1. The quantitative estimate of drug-likeness (QED) is 0.782. The van der Waals surface area contributed by atoms with Crippen molar-refractivity contribution >= 4 is 29.5 Å². The number of hydrogen-bond acceptors (Lipinski definition) is 5. The topological polar surface area (TPSA) is 49.2 Å². The fourth-order valence-electron chi connectivity index (χ4n) is 1.51. The molecular formula is C10H14N3O2PS. The van der Waals surface area contributed by atoms with Crippen LogP contribution in [-0.2, 0) is 20.9 Å². The lowest BCUT2D eigenvalue weighted by molar-refractivity contribution is 0.257. The molecule has 0 aliphatic rings. The van der Waals surface area contributed by atoms with Gasteiger partial charge >= 0.3 is 6.64 Å². The highest BCUT2D eigenvalue weighted by Crippen LogP contribution is 2.50. The monoisotopic (exact) mass is 271 g/mol. The summed E-state index contributed by atoms with van der Waals surface area (Å²) in [6.45, 7) is 2.17. The standard InChI is InChI=1S/C10H14N3O2PS/c1-3-14-16(17,15-4-2)13-10-8-6-5-7-9(10)11-12-13/h5-8H,3-4H2,1-2H3. The van der Waals surface area contributed by atoms with Crippen LogP contribution in [0.25, 0.3) is 11.0 Å². The first-order valence-corrected chi connectivity index (χ1v) is 8.00. The van der Waals surface area contributed by atoms with Gasteiger partial charge in [0.2, 0.25) is 0 Å². The Labute approximate surface area is 105 Å². The summed E-state index contributed by atoms with van der Waals surface area (Å²) >= 11 is 5.47. The third kappa shape index (κ3) is 2.40. The van der Waals surface area contributed by atoms with Gasteiger partial charge in [-0.15, -0.1) is 5.10 Å². The predicted octanol–water partition coefficient (Wildman–Crippen LogP) is 2.58. The van der Waals surface area contributed by atoms with Crippen LogP contribution in [0.2, 0.25) is 0 Å². The van der Waals surface area contributed by atoms with E-state index in [1.165, 1.54) is 0 Å². The van der Waals surface area contributed by atoms with Crippen LogP contribution >= 0.6 is 6.64 Å². The van der Waals surface area contributed by atoms with E-state index < -0.39 is 6.64 Å². The fourth-order valence-corrected chi connectivity index (χ4v) is 4.02. The molecule has 0 N–H and O–H groups in total. The summed E-state index contributed by atoms with van der Waals surface area (Å²) in [5, 5.41) is 8.13. The minimum atomic E-state index is -2.59. The van der Waals surface area contributed by atoms with Crippen molar-refractivity contribution in [1.82, 2.24) is 14.8 Å². The molecule has 0 radical (unpaired) electrons. The van der Waals surface area contributed by atoms with Crippen molar-refractivity contribution in [3.05, 3.63) is 24.3 Å². The van der Waals surface area contributed by atoms with E-state index in [0.29, 0.717) is 13.2 Å². The summed E-state index contributed by atoms with van der Waals surface area (Å²) in [5.74, 6) is 0. The highest BCUT2D eigenvalue weighted by atomic mass is 32.5. The Kier molecular flexibility index (Phi) is 3.89. The SMILES string of the molecule is CCOP(=S)(OCC)n1nnc2ccccc21. The van der Waals surface area contributed by atoms with Gasteiger partial charge < -0.3 is 9.05 Å². The van der Waals surface area contributed by atoms with Crippen molar-refractivity contribution in [2.24, 2.45) is 0 Å². The molecule has 0 amide bonds. The van der Waals surface area contributed by atoms with Crippen molar-refractivity contribution in [1.29, 1.82) is 0 Å². The highest BCUT2D eigenvalue weighted by Gasteiger charge is 2.24. The summed E-state index contributed by atoms with van der Waals surface area (Å²) in [6, 6.07) is 7.62. The molecule has 1 aromatic heterocycles. The molecule has 0 aliphatic heterocycles. The molecule has 0 bridgehead atoms. The van der Waals surface area contributed by atoms with Gasteiger partial charge in [0.25, 0.3) is 0 Å². The first kappa shape index (κ1) is 12.6. The second kappa shape index (κ2) is 5.23. The second-order valence-corrected chi connectivity index (χ2v) is 6.49. The molecule has 92 valence electrons. The van der Waals surface area contributed by atoms with Gasteiger partial charge in [0.15, 0.2) is 0 Å². The van der Waals surface area contributed by atoms with E-state index in [1.807, 2.05) is 38.1 Å². The molecule has 2 rings (SSSR count). The molecule has 0 atom stereocenters. The first-order chi connectivity index (χ1) is 8.21. The van der Waals surface area contributed by atoms with Gasteiger partial charge in [0.1, 0.15) is 5.52 Å². The Bertz CT molecular complexity index is 547. The number of aromatic nitrogens is 3. The molecule has 0 aliphatic carbocycles. The minimum absolute atomic E-state index is 0.492. The predicted molar refractivity (Wildman–Crippen MR) is 70.5 cm³/mol. The van der Waals surface area contributed by atoms with Gasteiger partial charge in [0.05, 0.1) is 18.7 Å². The number of para-hydroxylation sites is 1. The number of nitrogens with zero attached hydrogens (tertiary/aromatic N) is 3. The molecule has 0 spiro atoms. The minimum Gasteiger partial charge on any atom is -0.313 e. The van der Waals surface area contributed by atoms with Crippen molar-refractivity contribution in [3.63, 3.8) is 0 Å². The van der Waals surface area contributed by atoms with Crippen LogP contribution in [0.1, 0.15) is 13.8 Å². The van der Waals surface area contributed by atoms with Gasteiger partial charge in [-0.25, -0.2) is 0 Å². The van der Waals surface area contributed by atoms with Crippen LogP contribution in [0.15, 0.2) is 24.3 Å². The van der Waals surface area contributed by atoms with Gasteiger partial charge in [0, 0.05) is 0 Å². The Morgan fingerprint density at radius 2 is 1.88 bits per heavy atom. The van der Waals surface area contributed by atoms with Crippen LogP contribution in [0.4, 0.5) is 0 Å². The van der Waals surface area contributed by atoms with Gasteiger partial charge in [-0.1, -0.05) is 17.3 Å². The molecule has 5 nitrogen and oxygen atoms in total. The van der Waals surface area contributed by atoms with Gasteiger partial charge in [-0.05, 0) is 37.8 Å². The molecule has 1 aromatic carbocycles. The molecule has 7 heteroatoms. The van der Waals surface area contributed by atoms with Crippen molar-refractivity contribution in [2.75, 3.05) is 13.2 Å².